The first-order valence-electron chi connectivity index (χ1n) is 8.73. The highest BCUT2D eigenvalue weighted by atomic mass is 32.2. The molecule has 0 aromatic carbocycles. The minimum Gasteiger partial charge on any atom is -0.342 e. The van der Waals surface area contributed by atoms with Crippen LogP contribution in [0.15, 0.2) is 30.7 Å². The highest BCUT2D eigenvalue weighted by molar-refractivity contribution is 7.90. The molecule has 0 saturated heterocycles. The molecule has 7 heteroatoms. The molecule has 1 aliphatic rings. The predicted molar refractivity (Wildman–Crippen MR) is 98.6 cm³/mol. The van der Waals surface area contributed by atoms with Gasteiger partial charge in [-0.2, -0.15) is 0 Å². The van der Waals surface area contributed by atoms with Crippen LogP contribution in [0.1, 0.15) is 58.2 Å². The maximum atomic E-state index is 12.3. The number of imidazole rings is 1. The van der Waals surface area contributed by atoms with Gasteiger partial charge in [0.2, 0.25) is 10.0 Å². The summed E-state index contributed by atoms with van der Waals surface area (Å²) in [6.07, 6.45) is 8.94. The van der Waals surface area contributed by atoms with Crippen molar-refractivity contribution in [1.29, 1.82) is 0 Å². The first-order valence-corrected chi connectivity index (χ1v) is 10.2. The van der Waals surface area contributed by atoms with Gasteiger partial charge < -0.3 is 4.98 Å². The van der Waals surface area contributed by atoms with Crippen molar-refractivity contribution < 1.29 is 8.42 Å². The van der Waals surface area contributed by atoms with Crippen molar-refractivity contribution in [1.82, 2.24) is 19.7 Å². The molecule has 2 heterocycles. The number of nitrogens with zero attached hydrogens (tertiary/aromatic N) is 2. The summed E-state index contributed by atoms with van der Waals surface area (Å²) in [5.41, 5.74) is 1.99. The van der Waals surface area contributed by atoms with E-state index in [1.54, 1.807) is 27.0 Å². The standard InChI is InChI=1S/C18H26N4O2S/c1-18(2,3)25(23,24)22-15-8-6-13(7-9-15)17-20-12-16(21-17)14-5-4-10-19-11-14/h4-5,10-13,15,22H,6-9H2,1-3H3,(H,20,21). The van der Waals surface area contributed by atoms with Gasteiger partial charge in [-0.1, -0.05) is 0 Å². The number of sulfonamides is 1. The van der Waals surface area contributed by atoms with Crippen molar-refractivity contribution in [2.45, 2.75) is 63.2 Å². The van der Waals surface area contributed by atoms with E-state index in [-0.39, 0.29) is 6.04 Å². The molecule has 25 heavy (non-hydrogen) atoms. The Bertz CT molecular complexity index is 801. The van der Waals surface area contributed by atoms with E-state index < -0.39 is 14.8 Å². The van der Waals surface area contributed by atoms with Gasteiger partial charge in [0.1, 0.15) is 5.82 Å². The first-order chi connectivity index (χ1) is 11.8. The Balaban J connectivity index is 1.61. The lowest BCUT2D eigenvalue weighted by atomic mass is 9.86. The molecule has 2 aromatic heterocycles. The van der Waals surface area contributed by atoms with Crippen LogP contribution in [0.5, 0.6) is 0 Å². The van der Waals surface area contributed by atoms with E-state index in [1.807, 2.05) is 24.5 Å². The monoisotopic (exact) mass is 362 g/mol. The number of H-pyrrole nitrogens is 1. The molecule has 3 rings (SSSR count). The van der Waals surface area contributed by atoms with Crippen LogP contribution >= 0.6 is 0 Å². The Morgan fingerprint density at radius 1 is 1.16 bits per heavy atom. The van der Waals surface area contributed by atoms with Gasteiger partial charge in [0.25, 0.3) is 0 Å². The molecule has 1 fully saturated rings. The van der Waals surface area contributed by atoms with E-state index in [9.17, 15) is 8.42 Å². The average molecular weight is 362 g/mol. The van der Waals surface area contributed by atoms with Crippen LogP contribution in [0.4, 0.5) is 0 Å². The zero-order valence-corrected chi connectivity index (χ0v) is 15.8. The summed E-state index contributed by atoms with van der Waals surface area (Å²) in [6, 6.07) is 3.93. The Labute approximate surface area is 149 Å². The maximum absolute atomic E-state index is 12.3. The van der Waals surface area contributed by atoms with Crippen LogP contribution in [0.25, 0.3) is 11.3 Å². The minimum atomic E-state index is -3.29. The van der Waals surface area contributed by atoms with E-state index in [4.69, 9.17) is 0 Å². The van der Waals surface area contributed by atoms with E-state index in [0.29, 0.717) is 5.92 Å². The zero-order chi connectivity index (χ0) is 18.1. The van der Waals surface area contributed by atoms with Crippen molar-refractivity contribution >= 4 is 10.0 Å². The molecule has 0 spiro atoms. The fourth-order valence-corrected chi connectivity index (χ4v) is 4.12. The van der Waals surface area contributed by atoms with Gasteiger partial charge in [-0.25, -0.2) is 18.1 Å². The van der Waals surface area contributed by atoms with Crippen LogP contribution < -0.4 is 4.72 Å². The van der Waals surface area contributed by atoms with Gasteiger partial charge in [-0.15, -0.1) is 0 Å². The molecule has 0 bridgehead atoms. The molecular weight excluding hydrogens is 336 g/mol. The quantitative estimate of drug-likeness (QED) is 0.874. The summed E-state index contributed by atoms with van der Waals surface area (Å²) < 4.78 is 26.7. The largest absolute Gasteiger partial charge is 0.342 e. The van der Waals surface area contributed by atoms with Crippen molar-refractivity contribution in [3.8, 4) is 11.3 Å². The van der Waals surface area contributed by atoms with Gasteiger partial charge in [0.15, 0.2) is 0 Å². The van der Waals surface area contributed by atoms with Crippen LogP contribution in [-0.4, -0.2) is 34.2 Å². The molecule has 1 saturated carbocycles. The van der Waals surface area contributed by atoms with Crippen LogP contribution in [-0.2, 0) is 10.0 Å². The van der Waals surface area contributed by atoms with Gasteiger partial charge in [0, 0.05) is 29.9 Å². The Hall–Kier alpha value is -1.73. The minimum absolute atomic E-state index is 0.0215. The zero-order valence-electron chi connectivity index (χ0n) is 15.0. The molecule has 0 radical (unpaired) electrons. The average Bonchev–Trinajstić information content (AvgIpc) is 3.05. The molecule has 1 aliphatic carbocycles. The number of aromatic nitrogens is 3. The molecule has 2 aromatic rings. The second-order valence-electron chi connectivity index (χ2n) is 7.71. The summed E-state index contributed by atoms with van der Waals surface area (Å²) in [4.78, 5) is 12.1. The SMILES string of the molecule is CC(C)(C)S(=O)(=O)NC1CCC(c2ncc(-c3cccnc3)[nH]2)CC1. The Kier molecular flexibility index (Phi) is 4.97. The van der Waals surface area contributed by atoms with E-state index in [0.717, 1.165) is 42.8 Å². The van der Waals surface area contributed by atoms with Gasteiger partial charge in [-0.05, 0) is 58.6 Å². The van der Waals surface area contributed by atoms with Gasteiger partial charge in [-0.3, -0.25) is 4.98 Å². The van der Waals surface area contributed by atoms with Crippen molar-refractivity contribution in [3.05, 3.63) is 36.5 Å². The highest BCUT2D eigenvalue weighted by Gasteiger charge is 2.33. The van der Waals surface area contributed by atoms with Crippen LogP contribution in [0.3, 0.4) is 0 Å². The fourth-order valence-electron chi connectivity index (χ4n) is 3.09. The lowest BCUT2D eigenvalue weighted by Gasteiger charge is -2.30. The molecule has 0 aliphatic heterocycles. The summed E-state index contributed by atoms with van der Waals surface area (Å²) in [6.45, 7) is 5.18. The summed E-state index contributed by atoms with van der Waals surface area (Å²) in [5, 5.41) is 0. The Morgan fingerprint density at radius 3 is 2.48 bits per heavy atom. The molecule has 0 unspecified atom stereocenters. The van der Waals surface area contributed by atoms with Gasteiger partial charge >= 0.3 is 0 Å². The van der Waals surface area contributed by atoms with Crippen molar-refractivity contribution in [3.63, 3.8) is 0 Å². The third-order valence-corrected chi connectivity index (χ3v) is 7.07. The molecule has 6 nitrogen and oxygen atoms in total. The summed E-state index contributed by atoms with van der Waals surface area (Å²) >= 11 is 0. The molecule has 136 valence electrons. The topological polar surface area (TPSA) is 87.7 Å². The fraction of sp³-hybridized carbons (Fsp3) is 0.556. The van der Waals surface area contributed by atoms with Crippen LogP contribution in [0, 0.1) is 0 Å². The lowest BCUT2D eigenvalue weighted by Crippen LogP contribution is -2.45. The number of hydrogen-bond acceptors (Lipinski definition) is 4. The smallest absolute Gasteiger partial charge is 0.216 e. The van der Waals surface area contributed by atoms with Gasteiger partial charge in [0.05, 0.1) is 16.6 Å². The third kappa shape index (κ3) is 4.10. The normalized spacial score (nSPS) is 22.0. The van der Waals surface area contributed by atoms with Crippen molar-refractivity contribution in [2.75, 3.05) is 0 Å². The number of nitrogens with one attached hydrogen (secondary N) is 2. The number of rotatable bonds is 4. The number of aromatic amines is 1. The first kappa shape index (κ1) is 18.1. The third-order valence-electron chi connectivity index (χ3n) is 4.81. The molecule has 2 N–H and O–H groups in total. The summed E-state index contributed by atoms with van der Waals surface area (Å²) in [7, 11) is -3.29. The molecule has 0 atom stereocenters. The number of hydrogen-bond donors (Lipinski definition) is 2. The van der Waals surface area contributed by atoms with Crippen LogP contribution in [0.2, 0.25) is 0 Å². The second-order valence-corrected chi connectivity index (χ2v) is 10.2. The second kappa shape index (κ2) is 6.88. The predicted octanol–water partition coefficient (Wildman–Crippen LogP) is 3.22. The maximum Gasteiger partial charge on any atom is 0.216 e. The molecular formula is C18H26N4O2S. The van der Waals surface area contributed by atoms with Crippen molar-refractivity contribution in [2.24, 2.45) is 0 Å². The highest BCUT2D eigenvalue weighted by Crippen LogP contribution is 2.33. The van der Waals surface area contributed by atoms with E-state index in [2.05, 4.69) is 19.7 Å². The number of pyridine rings is 1. The lowest BCUT2D eigenvalue weighted by molar-refractivity contribution is 0.364. The van der Waals surface area contributed by atoms with E-state index >= 15 is 0 Å². The summed E-state index contributed by atoms with van der Waals surface area (Å²) in [5.74, 6) is 1.33. The Morgan fingerprint density at radius 2 is 1.88 bits per heavy atom. The van der Waals surface area contributed by atoms with E-state index in [1.165, 1.54) is 0 Å². The molecule has 0 amide bonds.